The Bertz CT molecular complexity index is 743. The van der Waals surface area contributed by atoms with Crippen molar-refractivity contribution in [2.45, 2.75) is 64.8 Å². The third kappa shape index (κ3) is 3.04. The van der Waals surface area contributed by atoms with E-state index in [1.807, 2.05) is 39.0 Å². The van der Waals surface area contributed by atoms with Crippen LogP contribution in [-0.4, -0.2) is 34.7 Å². The largest absolute Gasteiger partial charge is 0.325 e. The minimum Gasteiger partial charge on any atom is -0.323 e. The number of nitrogens with one attached hydrogen (secondary N) is 1. The van der Waals surface area contributed by atoms with Gasteiger partial charge in [0.15, 0.2) is 5.78 Å². The second-order valence-electron chi connectivity index (χ2n) is 7.56. The molecule has 0 aromatic heterocycles. The molecule has 0 bridgehead atoms. The zero-order valence-corrected chi connectivity index (χ0v) is 15.9. The molecule has 1 heterocycles. The summed E-state index contributed by atoms with van der Waals surface area (Å²) in [5, 5.41) is 2.91. The highest BCUT2D eigenvalue weighted by atomic mass is 16.2. The van der Waals surface area contributed by atoms with Gasteiger partial charge in [0.2, 0.25) is 0 Å². The Morgan fingerprint density at radius 3 is 2.65 bits per heavy atom. The standard InChI is InChI=1S/C21H28N2O3/c1-4-15-9-10-16(5-2)17(12-15)18(24)13-23-19(25)21(22-20(23)26)11-7-6-8-14(21)3/h9-10,12,14H,4-8,11,13H2,1-3H3,(H,22,26)/t14-,21+/m1/s1. The van der Waals surface area contributed by atoms with Crippen LogP contribution in [0, 0.1) is 5.92 Å². The second-order valence-corrected chi connectivity index (χ2v) is 7.56. The molecular weight excluding hydrogens is 328 g/mol. The fourth-order valence-corrected chi connectivity index (χ4v) is 4.28. The molecule has 2 atom stereocenters. The number of carbonyl (C=O) groups excluding carboxylic acids is 3. The topological polar surface area (TPSA) is 66.5 Å². The predicted molar refractivity (Wildman–Crippen MR) is 100 cm³/mol. The SMILES string of the molecule is CCc1ccc(CC)c(C(=O)CN2C(=O)N[C@]3(CCCC[C@H]3C)C2=O)c1. The van der Waals surface area contributed by atoms with E-state index in [1.54, 1.807) is 0 Å². The van der Waals surface area contributed by atoms with Crippen molar-refractivity contribution < 1.29 is 14.4 Å². The van der Waals surface area contributed by atoms with Gasteiger partial charge < -0.3 is 5.32 Å². The van der Waals surface area contributed by atoms with E-state index in [4.69, 9.17) is 0 Å². The molecule has 26 heavy (non-hydrogen) atoms. The van der Waals surface area contributed by atoms with Crippen molar-refractivity contribution in [3.05, 3.63) is 34.9 Å². The van der Waals surface area contributed by atoms with Crippen molar-refractivity contribution in [3.8, 4) is 0 Å². The summed E-state index contributed by atoms with van der Waals surface area (Å²) < 4.78 is 0. The Kier molecular flexibility index (Phi) is 5.17. The average Bonchev–Trinajstić information content (AvgIpc) is 2.88. The van der Waals surface area contributed by atoms with Crippen LogP contribution in [0.1, 0.15) is 67.9 Å². The number of rotatable bonds is 5. The van der Waals surface area contributed by atoms with Crippen LogP contribution < -0.4 is 5.32 Å². The summed E-state index contributed by atoms with van der Waals surface area (Å²) in [6.07, 6.45) is 5.17. The van der Waals surface area contributed by atoms with Crippen LogP contribution >= 0.6 is 0 Å². The maximum Gasteiger partial charge on any atom is 0.325 e. The summed E-state index contributed by atoms with van der Waals surface area (Å²) >= 11 is 0. The van der Waals surface area contributed by atoms with Crippen molar-refractivity contribution >= 4 is 17.7 Å². The minimum atomic E-state index is -0.811. The molecule has 140 valence electrons. The van der Waals surface area contributed by atoms with Crippen molar-refractivity contribution in [1.29, 1.82) is 0 Å². The number of hydrogen-bond donors (Lipinski definition) is 1. The summed E-state index contributed by atoms with van der Waals surface area (Å²) in [6, 6.07) is 5.48. The molecule has 1 aromatic carbocycles. The molecule has 2 aliphatic rings. The van der Waals surface area contributed by atoms with Crippen LogP contribution in [0.3, 0.4) is 0 Å². The highest BCUT2D eigenvalue weighted by Crippen LogP contribution is 2.38. The molecular formula is C21H28N2O3. The monoisotopic (exact) mass is 356 g/mol. The minimum absolute atomic E-state index is 0.0995. The Labute approximate surface area is 155 Å². The van der Waals surface area contributed by atoms with E-state index in [9.17, 15) is 14.4 Å². The molecule has 1 N–H and O–H groups in total. The van der Waals surface area contributed by atoms with Gasteiger partial charge in [-0.05, 0) is 48.8 Å². The number of urea groups is 1. The quantitative estimate of drug-likeness (QED) is 0.649. The van der Waals surface area contributed by atoms with Gasteiger partial charge in [-0.2, -0.15) is 0 Å². The molecule has 3 rings (SSSR count). The number of benzene rings is 1. The van der Waals surface area contributed by atoms with Gasteiger partial charge in [0.25, 0.3) is 5.91 Å². The molecule has 1 aromatic rings. The maximum absolute atomic E-state index is 13.0. The van der Waals surface area contributed by atoms with Gasteiger partial charge in [-0.15, -0.1) is 0 Å². The number of aryl methyl sites for hydroxylation is 2. The van der Waals surface area contributed by atoms with E-state index >= 15 is 0 Å². The molecule has 5 heteroatoms. The van der Waals surface area contributed by atoms with Gasteiger partial charge in [0.05, 0.1) is 6.54 Å². The first kappa shape index (κ1) is 18.6. The Hall–Kier alpha value is -2.17. The van der Waals surface area contributed by atoms with Crippen molar-refractivity contribution in [2.75, 3.05) is 6.54 Å². The number of imide groups is 1. The summed E-state index contributed by atoms with van der Waals surface area (Å²) in [6.45, 7) is 5.88. The number of carbonyl (C=O) groups is 3. The highest BCUT2D eigenvalue weighted by Gasteiger charge is 2.55. The number of ketones is 1. The van der Waals surface area contributed by atoms with Gasteiger partial charge in [-0.1, -0.05) is 45.7 Å². The van der Waals surface area contributed by atoms with Gasteiger partial charge >= 0.3 is 6.03 Å². The van der Waals surface area contributed by atoms with Gasteiger partial charge in [0.1, 0.15) is 5.54 Å². The summed E-state index contributed by atoms with van der Waals surface area (Å²) in [5.74, 6) is -0.295. The van der Waals surface area contributed by atoms with E-state index in [0.717, 1.165) is 48.1 Å². The van der Waals surface area contributed by atoms with E-state index in [2.05, 4.69) is 5.32 Å². The molecule has 3 amide bonds. The summed E-state index contributed by atoms with van der Waals surface area (Å²) in [7, 11) is 0. The first-order chi connectivity index (χ1) is 12.4. The van der Waals surface area contributed by atoms with Crippen LogP contribution in [-0.2, 0) is 17.6 Å². The zero-order valence-electron chi connectivity index (χ0n) is 15.9. The van der Waals surface area contributed by atoms with Crippen LogP contribution in [0.4, 0.5) is 4.79 Å². The third-order valence-electron chi connectivity index (χ3n) is 6.07. The number of Topliss-reactive ketones (excluding diaryl/α,β-unsaturated/α-hetero) is 1. The van der Waals surface area contributed by atoms with Crippen LogP contribution in [0.25, 0.3) is 0 Å². The fourth-order valence-electron chi connectivity index (χ4n) is 4.28. The lowest BCUT2D eigenvalue weighted by atomic mass is 9.73. The maximum atomic E-state index is 13.0. The molecule has 1 spiro atoms. The molecule has 1 saturated carbocycles. The van der Waals surface area contributed by atoms with Gasteiger partial charge in [-0.25, -0.2) is 4.79 Å². The molecule has 2 fully saturated rings. The molecule has 1 aliphatic heterocycles. The van der Waals surface area contributed by atoms with E-state index in [0.29, 0.717) is 12.0 Å². The molecule has 1 aliphatic carbocycles. The van der Waals surface area contributed by atoms with Crippen molar-refractivity contribution in [3.63, 3.8) is 0 Å². The normalized spacial score (nSPS) is 25.7. The first-order valence-electron chi connectivity index (χ1n) is 9.72. The first-order valence-corrected chi connectivity index (χ1v) is 9.72. The molecule has 0 radical (unpaired) electrons. The number of amides is 3. The van der Waals surface area contributed by atoms with Crippen LogP contribution in [0.5, 0.6) is 0 Å². The Morgan fingerprint density at radius 1 is 1.23 bits per heavy atom. The summed E-state index contributed by atoms with van der Waals surface area (Å²) in [4.78, 5) is 39.6. The number of nitrogens with zero attached hydrogens (tertiary/aromatic N) is 1. The van der Waals surface area contributed by atoms with E-state index < -0.39 is 11.6 Å². The fraction of sp³-hybridized carbons (Fsp3) is 0.571. The van der Waals surface area contributed by atoms with E-state index in [1.165, 1.54) is 0 Å². The zero-order chi connectivity index (χ0) is 18.9. The predicted octanol–water partition coefficient (Wildman–Crippen LogP) is 3.49. The average molecular weight is 356 g/mol. The van der Waals surface area contributed by atoms with Crippen molar-refractivity contribution in [1.82, 2.24) is 10.2 Å². The van der Waals surface area contributed by atoms with Crippen molar-refractivity contribution in [2.24, 2.45) is 5.92 Å². The molecule has 1 saturated heterocycles. The lowest BCUT2D eigenvalue weighted by molar-refractivity contribution is -0.133. The van der Waals surface area contributed by atoms with Gasteiger partial charge in [0, 0.05) is 5.56 Å². The number of hydrogen-bond acceptors (Lipinski definition) is 3. The molecule has 5 nitrogen and oxygen atoms in total. The summed E-state index contributed by atoms with van der Waals surface area (Å²) in [5.41, 5.74) is 1.86. The van der Waals surface area contributed by atoms with E-state index in [-0.39, 0.29) is 24.2 Å². The molecule has 0 unspecified atom stereocenters. The highest BCUT2D eigenvalue weighted by molar-refractivity contribution is 6.11. The van der Waals surface area contributed by atoms with Crippen LogP contribution in [0.2, 0.25) is 0 Å². The third-order valence-corrected chi connectivity index (χ3v) is 6.07. The van der Waals surface area contributed by atoms with Gasteiger partial charge in [-0.3, -0.25) is 14.5 Å². The lowest BCUT2D eigenvalue weighted by Crippen LogP contribution is -2.54. The van der Waals surface area contributed by atoms with Crippen LogP contribution in [0.15, 0.2) is 18.2 Å². The second kappa shape index (κ2) is 7.22. The smallest absolute Gasteiger partial charge is 0.323 e. The lowest BCUT2D eigenvalue weighted by Gasteiger charge is -2.36. The Morgan fingerprint density at radius 2 is 2.00 bits per heavy atom. The Balaban J connectivity index is 1.84.